The molecule has 1 fully saturated rings. The maximum Gasteiger partial charge on any atom is 0.239 e. The van der Waals surface area contributed by atoms with E-state index in [-0.39, 0.29) is 18.4 Å². The first-order valence-corrected chi connectivity index (χ1v) is 8.41. The number of carbonyl (C=O) groups excluding carboxylic acids is 2. The summed E-state index contributed by atoms with van der Waals surface area (Å²) in [6.07, 6.45) is 5.05. The maximum absolute atomic E-state index is 11.7. The fourth-order valence-electron chi connectivity index (χ4n) is 2.98. The molecule has 0 radical (unpaired) electrons. The normalized spacial score (nSPS) is 16.0. The summed E-state index contributed by atoms with van der Waals surface area (Å²) in [5, 5.41) is 15.4. The summed E-state index contributed by atoms with van der Waals surface area (Å²) in [6.45, 7) is 0.389. The molecule has 1 aromatic carbocycles. The van der Waals surface area contributed by atoms with E-state index in [1.54, 1.807) is 0 Å². The molecule has 0 aliphatic heterocycles. The lowest BCUT2D eigenvalue weighted by atomic mass is 10.0. The van der Waals surface area contributed by atoms with Crippen molar-refractivity contribution in [3.05, 3.63) is 35.9 Å². The zero-order chi connectivity index (χ0) is 16.5. The van der Waals surface area contributed by atoms with Gasteiger partial charge in [0, 0.05) is 13.0 Å². The summed E-state index contributed by atoms with van der Waals surface area (Å²) < 4.78 is 0. The van der Waals surface area contributed by atoms with Crippen molar-refractivity contribution in [1.82, 2.24) is 10.6 Å². The third-order valence-electron chi connectivity index (χ3n) is 4.32. The van der Waals surface area contributed by atoms with Gasteiger partial charge in [-0.2, -0.15) is 0 Å². The van der Waals surface area contributed by atoms with Crippen LogP contribution in [-0.4, -0.2) is 30.0 Å². The smallest absolute Gasteiger partial charge is 0.239 e. The molecule has 1 aromatic rings. The second-order valence-electron chi connectivity index (χ2n) is 6.20. The van der Waals surface area contributed by atoms with Crippen LogP contribution in [0.4, 0.5) is 0 Å². The highest BCUT2D eigenvalue weighted by Crippen LogP contribution is 2.27. The van der Waals surface area contributed by atoms with Crippen LogP contribution in [0, 0.1) is 5.92 Å². The Balaban J connectivity index is 1.57. The van der Waals surface area contributed by atoms with E-state index in [9.17, 15) is 14.7 Å². The Morgan fingerprint density at radius 1 is 1.09 bits per heavy atom. The molecule has 0 aromatic heterocycles. The number of aliphatic hydroxyl groups excluding tert-OH is 1. The minimum atomic E-state index is -0.589. The summed E-state index contributed by atoms with van der Waals surface area (Å²) in [6, 6.07) is 9.35. The second kappa shape index (κ2) is 9.30. The Bertz CT molecular complexity index is 498. The van der Waals surface area contributed by atoms with E-state index in [1.807, 2.05) is 30.3 Å². The number of rotatable bonds is 8. The number of nitrogens with one attached hydrogen (secondary N) is 2. The number of benzene rings is 1. The third-order valence-corrected chi connectivity index (χ3v) is 4.32. The molecule has 1 unspecified atom stereocenters. The van der Waals surface area contributed by atoms with Gasteiger partial charge in [0.2, 0.25) is 11.8 Å². The number of amides is 2. The van der Waals surface area contributed by atoms with Crippen molar-refractivity contribution >= 4 is 11.8 Å². The molecular formula is C18H26N2O3. The van der Waals surface area contributed by atoms with Crippen molar-refractivity contribution in [2.45, 2.75) is 44.6 Å². The zero-order valence-electron chi connectivity index (χ0n) is 13.5. The minimum Gasteiger partial charge on any atom is -0.388 e. The molecule has 5 heteroatoms. The molecule has 1 aliphatic carbocycles. The summed E-state index contributed by atoms with van der Waals surface area (Å²) in [5.41, 5.74) is 0.839. The molecule has 2 rings (SSSR count). The molecule has 1 saturated carbocycles. The molecular weight excluding hydrogens is 292 g/mol. The highest BCUT2D eigenvalue weighted by atomic mass is 16.3. The molecule has 0 spiro atoms. The highest BCUT2D eigenvalue weighted by Gasteiger charge is 2.18. The Morgan fingerprint density at radius 3 is 2.48 bits per heavy atom. The minimum absolute atomic E-state index is 0.00693. The Morgan fingerprint density at radius 2 is 1.78 bits per heavy atom. The predicted molar refractivity (Wildman–Crippen MR) is 88.6 cm³/mol. The van der Waals surface area contributed by atoms with Gasteiger partial charge in [0.05, 0.1) is 12.6 Å². The fraction of sp³-hybridized carbons (Fsp3) is 0.556. The standard InChI is InChI=1S/C18H26N2O3/c21-16(15-8-2-1-3-9-15)10-11-19-18(23)13-20-17(22)12-14-6-4-5-7-14/h1-3,8-9,14,16,21H,4-7,10-13H2,(H,19,23)(H,20,22). The van der Waals surface area contributed by atoms with Crippen LogP contribution in [0.15, 0.2) is 30.3 Å². The van der Waals surface area contributed by atoms with E-state index in [4.69, 9.17) is 0 Å². The second-order valence-corrected chi connectivity index (χ2v) is 6.20. The van der Waals surface area contributed by atoms with E-state index < -0.39 is 6.10 Å². The number of hydrogen-bond donors (Lipinski definition) is 3. The van der Waals surface area contributed by atoms with Gasteiger partial charge in [-0.3, -0.25) is 9.59 Å². The first kappa shape index (κ1) is 17.5. The average molecular weight is 318 g/mol. The monoisotopic (exact) mass is 318 g/mol. The SMILES string of the molecule is O=C(CNC(=O)CC1CCCC1)NCCC(O)c1ccccc1. The number of carbonyl (C=O) groups is 2. The van der Waals surface area contributed by atoms with E-state index in [1.165, 1.54) is 12.8 Å². The van der Waals surface area contributed by atoms with Crippen LogP contribution >= 0.6 is 0 Å². The van der Waals surface area contributed by atoms with E-state index in [2.05, 4.69) is 10.6 Å². The Labute approximate surface area is 137 Å². The van der Waals surface area contributed by atoms with Crippen LogP contribution < -0.4 is 10.6 Å². The molecule has 0 heterocycles. The lowest BCUT2D eigenvalue weighted by Crippen LogP contribution is -2.38. The highest BCUT2D eigenvalue weighted by molar-refractivity contribution is 5.84. The van der Waals surface area contributed by atoms with Gasteiger partial charge in [-0.1, -0.05) is 43.2 Å². The van der Waals surface area contributed by atoms with Crippen LogP contribution in [0.1, 0.15) is 50.2 Å². The fourth-order valence-corrected chi connectivity index (χ4v) is 2.98. The van der Waals surface area contributed by atoms with Gasteiger partial charge < -0.3 is 15.7 Å². The molecule has 0 bridgehead atoms. The van der Waals surface area contributed by atoms with Crippen molar-refractivity contribution in [2.75, 3.05) is 13.1 Å². The molecule has 1 atom stereocenters. The van der Waals surface area contributed by atoms with Gasteiger partial charge in [0.25, 0.3) is 0 Å². The topological polar surface area (TPSA) is 78.4 Å². The molecule has 3 N–H and O–H groups in total. The number of aliphatic hydroxyl groups is 1. The summed E-state index contributed by atoms with van der Waals surface area (Å²) in [4.78, 5) is 23.4. The van der Waals surface area contributed by atoms with Gasteiger partial charge in [-0.25, -0.2) is 0 Å². The molecule has 0 saturated heterocycles. The van der Waals surface area contributed by atoms with Gasteiger partial charge in [-0.15, -0.1) is 0 Å². The van der Waals surface area contributed by atoms with E-state index >= 15 is 0 Å². The van der Waals surface area contributed by atoms with Crippen LogP contribution in [0.5, 0.6) is 0 Å². The Kier molecular flexibility index (Phi) is 7.07. The van der Waals surface area contributed by atoms with Crippen molar-refractivity contribution in [1.29, 1.82) is 0 Å². The lowest BCUT2D eigenvalue weighted by molar-refractivity contribution is -0.126. The zero-order valence-corrected chi connectivity index (χ0v) is 13.5. The van der Waals surface area contributed by atoms with Gasteiger partial charge >= 0.3 is 0 Å². The van der Waals surface area contributed by atoms with Crippen LogP contribution in [-0.2, 0) is 9.59 Å². The molecule has 23 heavy (non-hydrogen) atoms. The largest absolute Gasteiger partial charge is 0.388 e. The molecule has 126 valence electrons. The molecule has 5 nitrogen and oxygen atoms in total. The quantitative estimate of drug-likeness (QED) is 0.685. The predicted octanol–water partition coefficient (Wildman–Crippen LogP) is 1.92. The van der Waals surface area contributed by atoms with Gasteiger partial charge in [0.15, 0.2) is 0 Å². The van der Waals surface area contributed by atoms with Crippen molar-refractivity contribution in [2.24, 2.45) is 5.92 Å². The van der Waals surface area contributed by atoms with Crippen LogP contribution in [0.3, 0.4) is 0 Å². The molecule has 2 amide bonds. The van der Waals surface area contributed by atoms with Crippen molar-refractivity contribution in [3.8, 4) is 0 Å². The number of hydrogen-bond acceptors (Lipinski definition) is 3. The van der Waals surface area contributed by atoms with Crippen molar-refractivity contribution < 1.29 is 14.7 Å². The van der Waals surface area contributed by atoms with E-state index in [0.717, 1.165) is 18.4 Å². The van der Waals surface area contributed by atoms with Crippen LogP contribution in [0.25, 0.3) is 0 Å². The lowest BCUT2D eigenvalue weighted by Gasteiger charge is -2.12. The molecule has 1 aliphatic rings. The van der Waals surface area contributed by atoms with Crippen molar-refractivity contribution in [3.63, 3.8) is 0 Å². The Hall–Kier alpha value is -1.88. The van der Waals surface area contributed by atoms with Gasteiger partial charge in [0.1, 0.15) is 0 Å². The van der Waals surface area contributed by atoms with Gasteiger partial charge in [-0.05, 0) is 30.7 Å². The third kappa shape index (κ3) is 6.40. The van der Waals surface area contributed by atoms with E-state index in [0.29, 0.717) is 25.3 Å². The first-order chi connectivity index (χ1) is 11.1. The van der Waals surface area contributed by atoms with Crippen LogP contribution in [0.2, 0.25) is 0 Å². The summed E-state index contributed by atoms with van der Waals surface area (Å²) in [5.74, 6) is 0.223. The maximum atomic E-state index is 11.7. The summed E-state index contributed by atoms with van der Waals surface area (Å²) >= 11 is 0. The average Bonchev–Trinajstić information content (AvgIpc) is 3.06. The summed E-state index contributed by atoms with van der Waals surface area (Å²) in [7, 11) is 0. The first-order valence-electron chi connectivity index (χ1n) is 8.41.